The number of hydrogen-bond acceptors (Lipinski definition) is 3. The molecule has 3 N–H and O–H groups in total. The van der Waals surface area contributed by atoms with E-state index in [0.717, 1.165) is 12.8 Å². The lowest BCUT2D eigenvalue weighted by Gasteiger charge is -2.14. The van der Waals surface area contributed by atoms with Crippen molar-refractivity contribution in [2.24, 2.45) is 5.92 Å². The third-order valence-corrected chi connectivity index (χ3v) is 3.56. The van der Waals surface area contributed by atoms with Crippen LogP contribution in [0.2, 0.25) is 0 Å². The van der Waals surface area contributed by atoms with E-state index in [2.05, 4.69) is 10.6 Å². The molecule has 5 heteroatoms. The number of aliphatic hydroxyl groups excluding tert-OH is 1. The van der Waals surface area contributed by atoms with Crippen molar-refractivity contribution < 1.29 is 14.7 Å². The highest BCUT2D eigenvalue weighted by Gasteiger charge is 2.17. The Morgan fingerprint density at radius 1 is 1.21 bits per heavy atom. The summed E-state index contributed by atoms with van der Waals surface area (Å²) in [4.78, 5) is 23.1. The Morgan fingerprint density at radius 3 is 2.42 bits per heavy atom. The summed E-state index contributed by atoms with van der Waals surface area (Å²) < 4.78 is 0. The normalized spacial score (nSPS) is 17.5. The van der Waals surface area contributed by atoms with E-state index in [1.165, 1.54) is 12.8 Å². The van der Waals surface area contributed by atoms with Crippen molar-refractivity contribution in [2.75, 3.05) is 6.54 Å². The second-order valence-corrected chi connectivity index (χ2v) is 5.66. The summed E-state index contributed by atoms with van der Waals surface area (Å²) in [5.41, 5.74) is 0. The zero-order chi connectivity index (χ0) is 14.3. The topological polar surface area (TPSA) is 78.4 Å². The summed E-state index contributed by atoms with van der Waals surface area (Å²) in [6, 6.07) is 0.325. The first-order chi connectivity index (χ1) is 8.99. The number of aliphatic hydroxyl groups is 1. The van der Waals surface area contributed by atoms with Crippen LogP contribution >= 0.6 is 0 Å². The molecule has 1 atom stereocenters. The van der Waals surface area contributed by atoms with Gasteiger partial charge < -0.3 is 15.7 Å². The molecule has 1 aliphatic carbocycles. The van der Waals surface area contributed by atoms with Gasteiger partial charge in [-0.25, -0.2) is 0 Å². The van der Waals surface area contributed by atoms with Crippen molar-refractivity contribution in [1.29, 1.82) is 0 Å². The van der Waals surface area contributed by atoms with Crippen LogP contribution in [-0.4, -0.2) is 35.6 Å². The molecule has 2 amide bonds. The fraction of sp³-hybridized carbons (Fsp3) is 0.857. The Labute approximate surface area is 115 Å². The summed E-state index contributed by atoms with van der Waals surface area (Å²) in [7, 11) is 0. The summed E-state index contributed by atoms with van der Waals surface area (Å²) in [5.74, 6) is -0.136. The van der Waals surface area contributed by atoms with Gasteiger partial charge in [-0.3, -0.25) is 9.59 Å². The lowest BCUT2D eigenvalue weighted by molar-refractivity contribution is -0.124. The van der Waals surface area contributed by atoms with Gasteiger partial charge in [-0.1, -0.05) is 26.7 Å². The molecule has 0 saturated heterocycles. The van der Waals surface area contributed by atoms with Crippen LogP contribution in [0.15, 0.2) is 0 Å². The molecular formula is C14H26N2O3. The number of carbonyl (C=O) groups excluding carboxylic acids is 2. The molecule has 1 saturated carbocycles. The smallest absolute Gasteiger partial charge is 0.222 e. The maximum Gasteiger partial charge on any atom is 0.222 e. The summed E-state index contributed by atoms with van der Waals surface area (Å²) in [5, 5.41) is 15.2. The van der Waals surface area contributed by atoms with Crippen LogP contribution in [0.4, 0.5) is 0 Å². The highest BCUT2D eigenvalue weighted by molar-refractivity contribution is 5.79. The largest absolute Gasteiger partial charge is 0.392 e. The third kappa shape index (κ3) is 6.57. The number of amides is 2. The molecule has 5 nitrogen and oxygen atoms in total. The maximum absolute atomic E-state index is 11.6. The van der Waals surface area contributed by atoms with E-state index < -0.39 is 6.10 Å². The number of carbonyl (C=O) groups is 2. The number of hydrogen-bond donors (Lipinski definition) is 3. The SMILES string of the molecule is CC(C)C(O)CC(=O)NCCC(=O)NC1CCCC1. The molecule has 0 spiro atoms. The zero-order valence-corrected chi connectivity index (χ0v) is 11.9. The standard InChI is InChI=1S/C14H26N2O3/c1-10(2)12(17)9-14(19)15-8-7-13(18)16-11-5-3-4-6-11/h10-12,17H,3-9H2,1-2H3,(H,15,19)(H,16,18). The van der Waals surface area contributed by atoms with Crippen molar-refractivity contribution in [3.8, 4) is 0 Å². The monoisotopic (exact) mass is 270 g/mol. The molecule has 1 aliphatic rings. The molecule has 0 aromatic rings. The van der Waals surface area contributed by atoms with E-state index in [-0.39, 0.29) is 24.2 Å². The van der Waals surface area contributed by atoms with Gasteiger partial charge >= 0.3 is 0 Å². The van der Waals surface area contributed by atoms with Crippen molar-refractivity contribution >= 4 is 11.8 Å². The first-order valence-corrected chi connectivity index (χ1v) is 7.23. The fourth-order valence-electron chi connectivity index (χ4n) is 2.18. The van der Waals surface area contributed by atoms with Gasteiger partial charge in [0.05, 0.1) is 12.5 Å². The van der Waals surface area contributed by atoms with E-state index in [9.17, 15) is 14.7 Å². The molecule has 1 unspecified atom stereocenters. The molecule has 0 bridgehead atoms. The van der Waals surface area contributed by atoms with Crippen LogP contribution in [0.5, 0.6) is 0 Å². The van der Waals surface area contributed by atoms with E-state index in [0.29, 0.717) is 19.0 Å². The zero-order valence-electron chi connectivity index (χ0n) is 11.9. The molecule has 0 aliphatic heterocycles. The van der Waals surface area contributed by atoms with E-state index in [1.807, 2.05) is 13.8 Å². The van der Waals surface area contributed by atoms with Crippen LogP contribution in [0.1, 0.15) is 52.4 Å². The van der Waals surface area contributed by atoms with Crippen LogP contribution in [0.3, 0.4) is 0 Å². The average Bonchev–Trinajstić information content (AvgIpc) is 2.81. The minimum Gasteiger partial charge on any atom is -0.392 e. The predicted octanol–water partition coefficient (Wildman–Crippen LogP) is 0.958. The number of nitrogens with one attached hydrogen (secondary N) is 2. The first-order valence-electron chi connectivity index (χ1n) is 7.23. The predicted molar refractivity (Wildman–Crippen MR) is 73.5 cm³/mol. The van der Waals surface area contributed by atoms with Gasteiger partial charge in [0, 0.05) is 19.0 Å². The van der Waals surface area contributed by atoms with E-state index in [1.54, 1.807) is 0 Å². The second-order valence-electron chi connectivity index (χ2n) is 5.66. The van der Waals surface area contributed by atoms with Gasteiger partial charge in [-0.2, -0.15) is 0 Å². The molecule has 0 aromatic heterocycles. The molecule has 19 heavy (non-hydrogen) atoms. The molecular weight excluding hydrogens is 244 g/mol. The lowest BCUT2D eigenvalue weighted by atomic mass is 10.0. The Kier molecular flexibility index (Phi) is 6.84. The van der Waals surface area contributed by atoms with Crippen molar-refractivity contribution in [2.45, 2.75) is 64.5 Å². The molecule has 0 radical (unpaired) electrons. The first kappa shape index (κ1) is 16.0. The van der Waals surface area contributed by atoms with Crippen LogP contribution in [0, 0.1) is 5.92 Å². The summed E-state index contributed by atoms with van der Waals surface area (Å²) >= 11 is 0. The van der Waals surface area contributed by atoms with E-state index >= 15 is 0 Å². The molecule has 110 valence electrons. The minimum absolute atomic E-state index is 0.00314. The summed E-state index contributed by atoms with van der Waals surface area (Å²) in [6.45, 7) is 4.07. The van der Waals surface area contributed by atoms with Gasteiger partial charge in [0.25, 0.3) is 0 Å². The molecule has 1 fully saturated rings. The summed E-state index contributed by atoms with van der Waals surface area (Å²) in [6.07, 6.45) is 4.30. The van der Waals surface area contributed by atoms with Crippen molar-refractivity contribution in [3.05, 3.63) is 0 Å². The van der Waals surface area contributed by atoms with E-state index in [4.69, 9.17) is 0 Å². The Hall–Kier alpha value is -1.10. The maximum atomic E-state index is 11.6. The highest BCUT2D eigenvalue weighted by atomic mass is 16.3. The second kappa shape index (κ2) is 8.15. The quantitative estimate of drug-likeness (QED) is 0.644. The molecule has 0 aromatic carbocycles. The lowest BCUT2D eigenvalue weighted by Crippen LogP contribution is -2.36. The number of rotatable bonds is 7. The average molecular weight is 270 g/mol. The van der Waals surface area contributed by atoms with Gasteiger partial charge in [0.2, 0.25) is 11.8 Å². The molecule has 0 heterocycles. The minimum atomic E-state index is -0.618. The Balaban J connectivity index is 2.08. The van der Waals surface area contributed by atoms with Crippen molar-refractivity contribution in [3.63, 3.8) is 0 Å². The van der Waals surface area contributed by atoms with Crippen molar-refractivity contribution in [1.82, 2.24) is 10.6 Å². The fourth-order valence-corrected chi connectivity index (χ4v) is 2.18. The third-order valence-electron chi connectivity index (χ3n) is 3.56. The highest BCUT2D eigenvalue weighted by Crippen LogP contribution is 2.17. The van der Waals surface area contributed by atoms with Gasteiger partial charge in [-0.05, 0) is 18.8 Å². The Morgan fingerprint density at radius 2 is 1.84 bits per heavy atom. The Bertz CT molecular complexity index is 283. The van der Waals surface area contributed by atoms with Gasteiger partial charge in [0.1, 0.15) is 0 Å². The van der Waals surface area contributed by atoms with Crippen LogP contribution in [-0.2, 0) is 9.59 Å². The van der Waals surface area contributed by atoms with Gasteiger partial charge in [0.15, 0.2) is 0 Å². The van der Waals surface area contributed by atoms with Gasteiger partial charge in [-0.15, -0.1) is 0 Å². The van der Waals surface area contributed by atoms with Crippen LogP contribution < -0.4 is 10.6 Å². The van der Waals surface area contributed by atoms with Crippen LogP contribution in [0.25, 0.3) is 0 Å². The molecule has 1 rings (SSSR count).